The Morgan fingerprint density at radius 2 is 2.24 bits per heavy atom. The second-order valence-electron chi connectivity index (χ2n) is 5.52. The summed E-state index contributed by atoms with van der Waals surface area (Å²) in [6.07, 6.45) is 1.79. The molecule has 0 fully saturated rings. The minimum Gasteiger partial charge on any atom is -0.497 e. The van der Waals surface area contributed by atoms with Gasteiger partial charge in [-0.05, 0) is 38.1 Å². The Kier molecular flexibility index (Phi) is 4.85. The lowest BCUT2D eigenvalue weighted by Gasteiger charge is -2.02. The van der Waals surface area contributed by atoms with E-state index in [0.717, 1.165) is 28.2 Å². The molecule has 6 nitrogen and oxygen atoms in total. The number of methoxy groups -OCH3 is 1. The van der Waals surface area contributed by atoms with Crippen LogP contribution >= 0.6 is 11.3 Å². The Morgan fingerprint density at radius 1 is 1.44 bits per heavy atom. The number of amides is 1. The van der Waals surface area contributed by atoms with E-state index in [2.05, 4.69) is 16.7 Å². The molecule has 1 amide bonds. The Labute approximate surface area is 149 Å². The van der Waals surface area contributed by atoms with Crippen LogP contribution in [0.2, 0.25) is 0 Å². The maximum Gasteiger partial charge on any atom is 0.300 e. The summed E-state index contributed by atoms with van der Waals surface area (Å²) in [6, 6.07) is 7.57. The number of hydrogen-bond acceptors (Lipinski definition) is 4. The van der Waals surface area contributed by atoms with Crippen molar-refractivity contribution in [2.24, 2.45) is 4.99 Å². The summed E-state index contributed by atoms with van der Waals surface area (Å²) < 4.78 is 10.0. The van der Waals surface area contributed by atoms with Crippen LogP contribution < -0.4 is 9.54 Å². The molecule has 130 valence electrons. The van der Waals surface area contributed by atoms with E-state index in [9.17, 15) is 4.79 Å². The van der Waals surface area contributed by atoms with Crippen molar-refractivity contribution in [2.75, 3.05) is 7.11 Å². The molecule has 0 aliphatic heterocycles. The molecule has 0 saturated heterocycles. The largest absolute Gasteiger partial charge is 0.497 e. The monoisotopic (exact) mass is 356 g/mol. The lowest BCUT2D eigenvalue weighted by atomic mass is 10.3. The highest BCUT2D eigenvalue weighted by atomic mass is 32.1. The van der Waals surface area contributed by atoms with Crippen molar-refractivity contribution >= 4 is 27.5 Å². The Balaban J connectivity index is 2.11. The van der Waals surface area contributed by atoms with Crippen LogP contribution in [0.5, 0.6) is 5.75 Å². The molecule has 2 aromatic heterocycles. The number of hydrogen-bond donors (Lipinski definition) is 0. The Hall–Kier alpha value is -2.67. The predicted molar refractivity (Wildman–Crippen MR) is 99.1 cm³/mol. The second kappa shape index (κ2) is 7.06. The van der Waals surface area contributed by atoms with Crippen LogP contribution in [0.25, 0.3) is 10.2 Å². The lowest BCUT2D eigenvalue weighted by molar-refractivity contribution is 0.0992. The molecule has 0 unspecified atom stereocenters. The lowest BCUT2D eigenvalue weighted by Crippen LogP contribution is -2.16. The van der Waals surface area contributed by atoms with E-state index < -0.39 is 0 Å². The van der Waals surface area contributed by atoms with E-state index in [1.54, 1.807) is 23.9 Å². The first kappa shape index (κ1) is 17.2. The second-order valence-corrected chi connectivity index (χ2v) is 6.53. The number of benzene rings is 1. The highest BCUT2D eigenvalue weighted by molar-refractivity contribution is 7.16. The molecule has 3 rings (SSSR count). The molecule has 0 N–H and O–H groups in total. The van der Waals surface area contributed by atoms with Crippen molar-refractivity contribution in [1.29, 1.82) is 0 Å². The fraction of sp³-hybridized carbons (Fsp3) is 0.278. The van der Waals surface area contributed by atoms with Gasteiger partial charge in [0.2, 0.25) is 0 Å². The summed E-state index contributed by atoms with van der Waals surface area (Å²) in [5, 5.41) is 4.31. The van der Waals surface area contributed by atoms with Crippen LogP contribution in [-0.2, 0) is 13.1 Å². The van der Waals surface area contributed by atoms with Crippen LogP contribution in [0.3, 0.4) is 0 Å². The van der Waals surface area contributed by atoms with Gasteiger partial charge in [0, 0.05) is 18.8 Å². The van der Waals surface area contributed by atoms with Crippen molar-refractivity contribution in [1.82, 2.24) is 14.3 Å². The first-order chi connectivity index (χ1) is 12.1. The van der Waals surface area contributed by atoms with E-state index in [4.69, 9.17) is 4.74 Å². The molecule has 2 heterocycles. The summed E-state index contributed by atoms with van der Waals surface area (Å²) in [4.78, 5) is 17.5. The molecule has 7 heteroatoms. The molecule has 0 saturated carbocycles. The van der Waals surface area contributed by atoms with Crippen LogP contribution in [0.15, 0.2) is 41.9 Å². The molecule has 0 aliphatic carbocycles. The van der Waals surface area contributed by atoms with Gasteiger partial charge in [0.15, 0.2) is 10.5 Å². The zero-order chi connectivity index (χ0) is 18.0. The SMILES string of the molecule is C=CCn1c(=NC(=O)c2cc(C)n(CC)n2)sc2cc(OC)ccc21. The van der Waals surface area contributed by atoms with Crippen LogP contribution in [-0.4, -0.2) is 27.4 Å². The molecule has 0 bridgehead atoms. The minimum atomic E-state index is -0.341. The van der Waals surface area contributed by atoms with Crippen molar-refractivity contribution < 1.29 is 9.53 Å². The smallest absolute Gasteiger partial charge is 0.300 e. The van der Waals surface area contributed by atoms with E-state index in [1.807, 2.05) is 36.6 Å². The number of ether oxygens (including phenoxy) is 1. The average molecular weight is 356 g/mol. The van der Waals surface area contributed by atoms with Gasteiger partial charge in [0.05, 0.1) is 17.3 Å². The summed E-state index contributed by atoms with van der Waals surface area (Å²) in [7, 11) is 1.63. The van der Waals surface area contributed by atoms with Gasteiger partial charge in [0.25, 0.3) is 5.91 Å². The van der Waals surface area contributed by atoms with E-state index in [-0.39, 0.29) is 5.91 Å². The number of nitrogens with zero attached hydrogens (tertiary/aromatic N) is 4. The van der Waals surface area contributed by atoms with Crippen molar-refractivity contribution in [3.8, 4) is 5.75 Å². The molecule has 0 aliphatic rings. The van der Waals surface area contributed by atoms with E-state index in [1.165, 1.54) is 11.3 Å². The third-order valence-electron chi connectivity index (χ3n) is 3.90. The summed E-state index contributed by atoms with van der Waals surface area (Å²) >= 11 is 1.45. The van der Waals surface area contributed by atoms with Crippen LogP contribution in [0, 0.1) is 6.92 Å². The molecule has 3 aromatic rings. The number of allylic oxidation sites excluding steroid dienone is 1. The quantitative estimate of drug-likeness (QED) is 0.660. The van der Waals surface area contributed by atoms with Gasteiger partial charge in [0.1, 0.15) is 5.75 Å². The number of rotatable bonds is 5. The van der Waals surface area contributed by atoms with Gasteiger partial charge in [-0.1, -0.05) is 17.4 Å². The molecule has 25 heavy (non-hydrogen) atoms. The minimum absolute atomic E-state index is 0.341. The predicted octanol–water partition coefficient (Wildman–Crippen LogP) is 3.16. The number of aryl methyl sites for hydroxylation is 2. The number of aromatic nitrogens is 3. The fourth-order valence-electron chi connectivity index (χ4n) is 2.65. The van der Waals surface area contributed by atoms with Crippen LogP contribution in [0.1, 0.15) is 23.1 Å². The fourth-order valence-corrected chi connectivity index (χ4v) is 3.72. The van der Waals surface area contributed by atoms with Gasteiger partial charge in [-0.2, -0.15) is 10.1 Å². The van der Waals surface area contributed by atoms with Gasteiger partial charge < -0.3 is 9.30 Å². The zero-order valence-electron chi connectivity index (χ0n) is 14.5. The summed E-state index contributed by atoms with van der Waals surface area (Å²) in [5.41, 5.74) is 2.30. The number of fused-ring (bicyclic) bond motifs is 1. The third kappa shape index (κ3) is 3.28. The van der Waals surface area contributed by atoms with Gasteiger partial charge in [-0.15, -0.1) is 6.58 Å². The molecular weight excluding hydrogens is 336 g/mol. The Morgan fingerprint density at radius 3 is 2.88 bits per heavy atom. The number of carbonyl (C=O) groups is 1. The Bertz CT molecular complexity index is 1010. The molecule has 0 radical (unpaired) electrons. The van der Waals surface area contributed by atoms with E-state index >= 15 is 0 Å². The van der Waals surface area contributed by atoms with Gasteiger partial charge in [-0.3, -0.25) is 9.48 Å². The average Bonchev–Trinajstić information content (AvgIpc) is 3.15. The van der Waals surface area contributed by atoms with Gasteiger partial charge in [-0.25, -0.2) is 0 Å². The van der Waals surface area contributed by atoms with Crippen molar-refractivity contribution in [2.45, 2.75) is 26.9 Å². The first-order valence-electron chi connectivity index (χ1n) is 7.99. The third-order valence-corrected chi connectivity index (χ3v) is 4.94. The van der Waals surface area contributed by atoms with Crippen molar-refractivity contribution in [3.63, 3.8) is 0 Å². The summed E-state index contributed by atoms with van der Waals surface area (Å²) in [5.74, 6) is 0.432. The molecule has 0 atom stereocenters. The number of carbonyl (C=O) groups excluding carboxylic acids is 1. The molecule has 1 aromatic carbocycles. The first-order valence-corrected chi connectivity index (χ1v) is 8.80. The highest BCUT2D eigenvalue weighted by Gasteiger charge is 2.13. The maximum atomic E-state index is 12.6. The van der Waals surface area contributed by atoms with E-state index in [0.29, 0.717) is 17.0 Å². The zero-order valence-corrected chi connectivity index (χ0v) is 15.3. The standard InChI is InChI=1S/C18H20N4O2S/c1-5-9-21-15-8-7-13(24-4)11-16(15)25-18(21)19-17(23)14-10-12(3)22(6-2)20-14/h5,7-8,10-11H,1,6,9H2,2-4H3. The molecular formula is C18H20N4O2S. The molecule has 0 spiro atoms. The normalized spacial score (nSPS) is 11.9. The topological polar surface area (TPSA) is 61.4 Å². The van der Waals surface area contributed by atoms with Crippen LogP contribution in [0.4, 0.5) is 0 Å². The number of thiazole rings is 1. The summed E-state index contributed by atoms with van der Waals surface area (Å²) in [6.45, 7) is 9.00. The highest BCUT2D eigenvalue weighted by Crippen LogP contribution is 2.23. The van der Waals surface area contributed by atoms with Crippen molar-refractivity contribution in [3.05, 3.63) is 53.1 Å². The van der Waals surface area contributed by atoms with Gasteiger partial charge >= 0.3 is 0 Å². The maximum absolute atomic E-state index is 12.6.